The number of allylic oxidation sites excluding steroid dienone is 1. The number of hydrogen-bond donors (Lipinski definition) is 4. The standard InChI is InChI=1S/C34H41F2N5O9S/c1-2-21-16-34(21,32(45)40-51(47,48)23-10-11-23)39-29(42)27-14-22-18-41(27)30(43)25(15-28(35)36)38-33(46)49-12-5-3-4-7-19-8-6-9-20-13-26(31(44)50-22)37-17-24(19)20/h2,4,6-9,21-23,25-28,37H,1,3,5,10-18H2,(H,38,46)(H,39,42)(H,40,45)/t21-,22-,25+,26?,27+,34-/m1/s1. The summed E-state index contributed by atoms with van der Waals surface area (Å²) in [6.45, 7) is 3.61. The largest absolute Gasteiger partial charge is 0.459 e. The van der Waals surface area contributed by atoms with Gasteiger partial charge in [-0.2, -0.15) is 0 Å². The zero-order valence-corrected chi connectivity index (χ0v) is 28.6. The Morgan fingerprint density at radius 1 is 1.20 bits per heavy atom. The van der Waals surface area contributed by atoms with E-state index in [4.69, 9.17) is 9.47 Å². The zero-order valence-electron chi connectivity index (χ0n) is 27.8. The van der Waals surface area contributed by atoms with Crippen molar-refractivity contribution in [1.82, 2.24) is 25.6 Å². The van der Waals surface area contributed by atoms with Gasteiger partial charge in [-0.3, -0.25) is 29.2 Å². The fraction of sp³-hybridized carbons (Fsp3) is 0.559. The molecule has 1 aromatic rings. The normalized spacial score (nSPS) is 29.8. The van der Waals surface area contributed by atoms with Crippen molar-refractivity contribution >= 4 is 45.9 Å². The van der Waals surface area contributed by atoms with E-state index in [1.54, 1.807) is 0 Å². The summed E-state index contributed by atoms with van der Waals surface area (Å²) in [5, 5.41) is 7.27. The van der Waals surface area contributed by atoms with Crippen molar-refractivity contribution < 1.29 is 50.6 Å². The summed E-state index contributed by atoms with van der Waals surface area (Å²) in [7, 11) is -3.97. The number of rotatable bonds is 8. The number of hydrogen-bond acceptors (Lipinski definition) is 10. The van der Waals surface area contributed by atoms with Gasteiger partial charge in [-0.25, -0.2) is 22.0 Å². The van der Waals surface area contributed by atoms with E-state index in [-0.39, 0.29) is 26.0 Å². The Kier molecular flexibility index (Phi) is 10.5. The number of alkyl carbamates (subject to hydrolysis) is 1. The molecule has 4 amide bonds. The summed E-state index contributed by atoms with van der Waals surface area (Å²) in [4.78, 5) is 68.2. The van der Waals surface area contributed by atoms with Crippen LogP contribution in [0.25, 0.3) is 6.08 Å². The summed E-state index contributed by atoms with van der Waals surface area (Å²) >= 11 is 0. The average Bonchev–Trinajstić information content (AvgIpc) is 4.01. The van der Waals surface area contributed by atoms with Crippen molar-refractivity contribution in [3.8, 4) is 0 Å². The lowest BCUT2D eigenvalue weighted by Gasteiger charge is -2.29. The number of halogens is 2. The minimum atomic E-state index is -3.97. The molecule has 17 heteroatoms. The molecule has 7 rings (SSSR count). The average molecular weight is 734 g/mol. The molecule has 4 heterocycles. The summed E-state index contributed by atoms with van der Waals surface area (Å²) < 4.78 is 65.6. The molecule has 2 saturated carbocycles. The molecule has 6 aliphatic rings. The Morgan fingerprint density at radius 2 is 1.98 bits per heavy atom. The smallest absolute Gasteiger partial charge is 0.407 e. The predicted octanol–water partition coefficient (Wildman–Crippen LogP) is 1.44. The number of fused-ring (bicyclic) bond motifs is 10. The number of sulfonamides is 1. The maximum atomic E-state index is 14.0. The molecule has 1 saturated heterocycles. The number of nitrogens with one attached hydrogen (secondary N) is 4. The van der Waals surface area contributed by atoms with Crippen LogP contribution in [-0.4, -0.2) is 97.7 Å². The number of alkyl halides is 2. The van der Waals surface area contributed by atoms with E-state index in [1.807, 2.05) is 35.1 Å². The predicted molar refractivity (Wildman–Crippen MR) is 177 cm³/mol. The molecule has 1 aromatic carbocycles. The van der Waals surface area contributed by atoms with Gasteiger partial charge in [0.1, 0.15) is 29.8 Å². The molecule has 2 aliphatic carbocycles. The molecule has 0 aromatic heterocycles. The van der Waals surface area contributed by atoms with Crippen molar-refractivity contribution in [2.75, 3.05) is 13.2 Å². The molecule has 276 valence electrons. The van der Waals surface area contributed by atoms with Gasteiger partial charge < -0.3 is 25.0 Å². The molecular formula is C34H41F2N5O9S. The second-order valence-electron chi connectivity index (χ2n) is 13.6. The summed E-state index contributed by atoms with van der Waals surface area (Å²) in [5.41, 5.74) is 1.23. The Bertz CT molecular complexity index is 1740. The van der Waals surface area contributed by atoms with Crippen molar-refractivity contribution in [2.24, 2.45) is 5.92 Å². The maximum Gasteiger partial charge on any atom is 0.407 e. The molecule has 14 nitrogen and oxygen atoms in total. The van der Waals surface area contributed by atoms with Gasteiger partial charge in [0.05, 0.1) is 18.4 Å². The first-order valence-corrected chi connectivity index (χ1v) is 18.6. The Balaban J connectivity index is 1.26. The molecule has 0 radical (unpaired) electrons. The molecule has 0 spiro atoms. The number of carbonyl (C=O) groups is 5. The molecule has 1 unspecified atom stereocenters. The van der Waals surface area contributed by atoms with E-state index in [0.29, 0.717) is 38.6 Å². The summed E-state index contributed by atoms with van der Waals surface area (Å²) in [6, 6.07) is 1.76. The van der Waals surface area contributed by atoms with Crippen LogP contribution >= 0.6 is 0 Å². The second-order valence-corrected chi connectivity index (χ2v) is 15.6. The first-order valence-electron chi connectivity index (χ1n) is 17.0. The van der Waals surface area contributed by atoms with Crippen LogP contribution in [0.3, 0.4) is 0 Å². The third kappa shape index (κ3) is 8.08. The van der Waals surface area contributed by atoms with Crippen molar-refractivity contribution in [1.29, 1.82) is 0 Å². The number of benzene rings is 1. The molecule has 51 heavy (non-hydrogen) atoms. The third-order valence-corrected chi connectivity index (χ3v) is 11.8. The van der Waals surface area contributed by atoms with Crippen LogP contribution in [-0.2, 0) is 51.6 Å². The highest BCUT2D eigenvalue weighted by Crippen LogP contribution is 2.45. The van der Waals surface area contributed by atoms with Crippen LogP contribution in [0.2, 0.25) is 0 Å². The molecule has 4 aliphatic heterocycles. The van der Waals surface area contributed by atoms with Gasteiger partial charge in [-0.05, 0) is 55.2 Å². The topological polar surface area (TPSA) is 189 Å². The van der Waals surface area contributed by atoms with Gasteiger partial charge in [0, 0.05) is 25.3 Å². The van der Waals surface area contributed by atoms with E-state index in [0.717, 1.165) is 21.6 Å². The highest BCUT2D eigenvalue weighted by atomic mass is 32.2. The quantitative estimate of drug-likeness (QED) is 0.225. The lowest BCUT2D eigenvalue weighted by atomic mass is 9.92. The van der Waals surface area contributed by atoms with Crippen LogP contribution in [0.15, 0.2) is 36.9 Å². The summed E-state index contributed by atoms with van der Waals surface area (Å²) in [5.74, 6) is -4.18. The Labute approximate surface area is 293 Å². The van der Waals surface area contributed by atoms with Crippen molar-refractivity contribution in [3.63, 3.8) is 0 Å². The number of amides is 4. The maximum absolute atomic E-state index is 14.0. The minimum Gasteiger partial charge on any atom is -0.459 e. The van der Waals surface area contributed by atoms with E-state index in [1.165, 1.54) is 6.08 Å². The van der Waals surface area contributed by atoms with Gasteiger partial charge >= 0.3 is 12.1 Å². The van der Waals surface area contributed by atoms with Crippen LogP contribution in [0, 0.1) is 5.92 Å². The Hall–Kier alpha value is -4.38. The molecule has 6 bridgehead atoms. The number of esters is 1. The fourth-order valence-electron chi connectivity index (χ4n) is 6.90. The van der Waals surface area contributed by atoms with Crippen LogP contribution < -0.4 is 20.7 Å². The zero-order chi connectivity index (χ0) is 36.5. The van der Waals surface area contributed by atoms with Crippen molar-refractivity contribution in [3.05, 3.63) is 53.6 Å². The third-order valence-electron chi connectivity index (χ3n) is 9.97. The highest BCUT2D eigenvalue weighted by molar-refractivity contribution is 7.91. The van der Waals surface area contributed by atoms with E-state index < -0.39 is 93.6 Å². The van der Waals surface area contributed by atoms with Gasteiger partial charge in [-0.1, -0.05) is 36.4 Å². The fourth-order valence-corrected chi connectivity index (χ4v) is 8.27. The van der Waals surface area contributed by atoms with E-state index in [9.17, 15) is 41.2 Å². The number of ether oxygens (including phenoxy) is 2. The van der Waals surface area contributed by atoms with Gasteiger partial charge in [0.2, 0.25) is 28.3 Å². The van der Waals surface area contributed by atoms with E-state index in [2.05, 4.69) is 22.5 Å². The van der Waals surface area contributed by atoms with Gasteiger partial charge in [0.15, 0.2) is 0 Å². The molecule has 3 fully saturated rings. The van der Waals surface area contributed by atoms with Crippen LogP contribution in [0.1, 0.15) is 61.6 Å². The SMILES string of the molecule is C=C[C@@H]1C[C@]1(NC(=O)[C@@H]1C[C@@H]2CN1C(=O)[C@H](CC(F)F)NC(=O)OCCCC=Cc1cccc3c1CNC(C3)C(=O)O2)C(=O)NS(=O)(=O)C1CC1. The second kappa shape index (κ2) is 14.7. The van der Waals surface area contributed by atoms with Crippen molar-refractivity contribution in [2.45, 2.75) is 99.4 Å². The molecule has 6 atom stereocenters. The van der Waals surface area contributed by atoms with Crippen LogP contribution in [0.4, 0.5) is 13.6 Å². The highest BCUT2D eigenvalue weighted by Gasteiger charge is 2.62. The Morgan fingerprint density at radius 3 is 2.69 bits per heavy atom. The van der Waals surface area contributed by atoms with Gasteiger partial charge in [-0.15, -0.1) is 6.58 Å². The monoisotopic (exact) mass is 733 g/mol. The van der Waals surface area contributed by atoms with Crippen LogP contribution in [0.5, 0.6) is 0 Å². The lowest BCUT2D eigenvalue weighted by Crippen LogP contribution is -2.58. The van der Waals surface area contributed by atoms with E-state index >= 15 is 0 Å². The summed E-state index contributed by atoms with van der Waals surface area (Å²) in [6.07, 6.45) is 0.780. The van der Waals surface area contributed by atoms with Gasteiger partial charge in [0.25, 0.3) is 5.91 Å². The first-order chi connectivity index (χ1) is 24.3. The molecular weight excluding hydrogens is 692 g/mol. The molecule has 4 N–H and O–H groups in total. The number of carbonyl (C=O) groups excluding carboxylic acids is 5. The lowest BCUT2D eigenvalue weighted by molar-refractivity contribution is -0.152. The minimum absolute atomic E-state index is 0.0286. The first kappa shape index (κ1) is 36.4. The number of nitrogens with zero attached hydrogens (tertiary/aromatic N) is 1.